The maximum Gasteiger partial charge on any atom is 0.151 e. The molecule has 0 unspecified atom stereocenters. The molecule has 1 aromatic heterocycles. The van der Waals surface area contributed by atoms with Crippen molar-refractivity contribution in [3.05, 3.63) is 17.3 Å². The van der Waals surface area contributed by atoms with Gasteiger partial charge in [0.1, 0.15) is 0 Å². The van der Waals surface area contributed by atoms with Gasteiger partial charge in [0, 0.05) is 13.1 Å². The number of aromatic nitrogens is 2. The highest BCUT2D eigenvalue weighted by molar-refractivity contribution is 6.29. The van der Waals surface area contributed by atoms with E-state index in [-0.39, 0.29) is 0 Å². The number of rotatable bonds is 4. The van der Waals surface area contributed by atoms with Gasteiger partial charge in [0.2, 0.25) is 0 Å². The number of nitrogens with zero attached hydrogens (tertiary/aromatic N) is 3. The normalized spacial score (nSPS) is 10.6. The summed E-state index contributed by atoms with van der Waals surface area (Å²) in [4.78, 5) is 2.19. The summed E-state index contributed by atoms with van der Waals surface area (Å²) in [6, 6.07) is 3.67. The minimum Gasteiger partial charge on any atom is -0.355 e. The van der Waals surface area contributed by atoms with Crippen molar-refractivity contribution in [3.8, 4) is 0 Å². The third-order valence-electron chi connectivity index (χ3n) is 1.91. The van der Waals surface area contributed by atoms with Gasteiger partial charge in [-0.3, -0.25) is 0 Å². The second-order valence-electron chi connectivity index (χ2n) is 3.65. The van der Waals surface area contributed by atoms with E-state index in [9.17, 15) is 0 Å². The van der Waals surface area contributed by atoms with E-state index in [1.807, 2.05) is 6.07 Å². The van der Waals surface area contributed by atoms with Gasteiger partial charge in [-0.25, -0.2) is 0 Å². The lowest BCUT2D eigenvalue weighted by Gasteiger charge is -2.23. The monoisotopic (exact) mass is 213 g/mol. The van der Waals surface area contributed by atoms with Crippen LogP contribution < -0.4 is 4.90 Å². The summed E-state index contributed by atoms with van der Waals surface area (Å²) in [5.74, 6) is 1.51. The van der Waals surface area contributed by atoms with Crippen molar-refractivity contribution in [2.24, 2.45) is 5.92 Å². The molecule has 0 bridgehead atoms. The predicted octanol–water partition coefficient (Wildman–Crippen LogP) is 2.61. The zero-order valence-corrected chi connectivity index (χ0v) is 9.62. The summed E-state index contributed by atoms with van der Waals surface area (Å²) >= 11 is 5.67. The molecule has 0 saturated heterocycles. The van der Waals surface area contributed by atoms with Crippen LogP contribution in [0, 0.1) is 5.92 Å². The van der Waals surface area contributed by atoms with E-state index in [2.05, 4.69) is 35.9 Å². The van der Waals surface area contributed by atoms with E-state index in [4.69, 9.17) is 11.6 Å². The van der Waals surface area contributed by atoms with Crippen LogP contribution in [0.25, 0.3) is 0 Å². The van der Waals surface area contributed by atoms with E-state index in [0.717, 1.165) is 18.9 Å². The van der Waals surface area contributed by atoms with Crippen LogP contribution >= 0.6 is 11.6 Å². The molecule has 4 heteroatoms. The molecular formula is C10H16ClN3. The summed E-state index contributed by atoms with van der Waals surface area (Å²) in [5.41, 5.74) is 0. The molecule has 0 amide bonds. The average Bonchev–Trinajstić information content (AvgIpc) is 2.15. The zero-order chi connectivity index (χ0) is 10.6. The molecule has 0 radical (unpaired) electrons. The fourth-order valence-electron chi connectivity index (χ4n) is 1.30. The van der Waals surface area contributed by atoms with Gasteiger partial charge in [-0.05, 0) is 25.0 Å². The van der Waals surface area contributed by atoms with Gasteiger partial charge in [0.05, 0.1) is 0 Å². The summed E-state index contributed by atoms with van der Waals surface area (Å²) in [6.45, 7) is 8.41. The fourth-order valence-corrected chi connectivity index (χ4v) is 1.40. The molecule has 0 N–H and O–H groups in total. The molecular weight excluding hydrogens is 198 g/mol. The van der Waals surface area contributed by atoms with Crippen LogP contribution in [0.1, 0.15) is 20.8 Å². The molecule has 0 atom stereocenters. The molecule has 0 aliphatic heterocycles. The first-order valence-corrected chi connectivity index (χ1v) is 5.25. The number of hydrogen-bond acceptors (Lipinski definition) is 3. The molecule has 1 rings (SSSR count). The van der Waals surface area contributed by atoms with Crippen molar-refractivity contribution in [1.29, 1.82) is 0 Å². The first kappa shape index (κ1) is 11.2. The van der Waals surface area contributed by atoms with Gasteiger partial charge in [-0.2, -0.15) is 0 Å². The first-order valence-electron chi connectivity index (χ1n) is 4.87. The molecule has 1 heterocycles. The van der Waals surface area contributed by atoms with Gasteiger partial charge in [0.25, 0.3) is 0 Å². The standard InChI is InChI=1S/C10H16ClN3/c1-4-14(7-8(2)3)10-6-5-9(11)12-13-10/h5-6,8H,4,7H2,1-3H3. The minimum atomic E-state index is 0.439. The number of anilines is 1. The molecule has 0 aliphatic rings. The van der Waals surface area contributed by atoms with Crippen molar-refractivity contribution < 1.29 is 0 Å². The third kappa shape index (κ3) is 3.14. The lowest BCUT2D eigenvalue weighted by atomic mass is 10.2. The van der Waals surface area contributed by atoms with Gasteiger partial charge < -0.3 is 4.90 Å². The molecule has 14 heavy (non-hydrogen) atoms. The molecule has 1 aromatic rings. The summed E-state index contributed by atoms with van der Waals surface area (Å²) in [7, 11) is 0. The molecule has 0 spiro atoms. The fraction of sp³-hybridized carbons (Fsp3) is 0.600. The SMILES string of the molecule is CCN(CC(C)C)c1ccc(Cl)nn1. The van der Waals surface area contributed by atoms with Gasteiger partial charge >= 0.3 is 0 Å². The highest BCUT2D eigenvalue weighted by Crippen LogP contribution is 2.13. The molecule has 0 saturated carbocycles. The Kier molecular flexibility index (Phi) is 4.14. The van der Waals surface area contributed by atoms with Crippen molar-refractivity contribution in [1.82, 2.24) is 10.2 Å². The van der Waals surface area contributed by atoms with Crippen LogP contribution in [0.4, 0.5) is 5.82 Å². The Labute approximate surface area is 90.1 Å². The Bertz CT molecular complexity index is 271. The Morgan fingerprint density at radius 3 is 2.50 bits per heavy atom. The molecule has 78 valence electrons. The van der Waals surface area contributed by atoms with Crippen LogP contribution in [0.15, 0.2) is 12.1 Å². The van der Waals surface area contributed by atoms with Crippen molar-refractivity contribution in [3.63, 3.8) is 0 Å². The lowest BCUT2D eigenvalue weighted by Crippen LogP contribution is -2.28. The number of hydrogen-bond donors (Lipinski definition) is 0. The highest BCUT2D eigenvalue weighted by atomic mass is 35.5. The molecule has 0 aromatic carbocycles. The van der Waals surface area contributed by atoms with Gasteiger partial charge in [-0.15, -0.1) is 10.2 Å². The van der Waals surface area contributed by atoms with Crippen LogP contribution in [-0.4, -0.2) is 23.3 Å². The Morgan fingerprint density at radius 1 is 1.36 bits per heavy atom. The lowest BCUT2D eigenvalue weighted by molar-refractivity contribution is 0.612. The van der Waals surface area contributed by atoms with Crippen LogP contribution in [0.2, 0.25) is 5.15 Å². The Hall–Kier alpha value is -0.830. The molecule has 3 nitrogen and oxygen atoms in total. The van der Waals surface area contributed by atoms with Crippen molar-refractivity contribution in [2.45, 2.75) is 20.8 Å². The topological polar surface area (TPSA) is 29.0 Å². The summed E-state index contributed by atoms with van der Waals surface area (Å²) in [5, 5.41) is 8.31. The second-order valence-corrected chi connectivity index (χ2v) is 4.03. The predicted molar refractivity (Wildman–Crippen MR) is 59.8 cm³/mol. The second kappa shape index (κ2) is 5.15. The molecule has 0 fully saturated rings. The maximum absolute atomic E-state index is 5.67. The van der Waals surface area contributed by atoms with Crippen LogP contribution in [0.5, 0.6) is 0 Å². The maximum atomic E-state index is 5.67. The Balaban J connectivity index is 2.73. The van der Waals surface area contributed by atoms with Crippen molar-refractivity contribution >= 4 is 17.4 Å². The van der Waals surface area contributed by atoms with E-state index in [0.29, 0.717) is 11.1 Å². The smallest absolute Gasteiger partial charge is 0.151 e. The van der Waals surface area contributed by atoms with E-state index in [1.54, 1.807) is 6.07 Å². The van der Waals surface area contributed by atoms with E-state index >= 15 is 0 Å². The largest absolute Gasteiger partial charge is 0.355 e. The van der Waals surface area contributed by atoms with Crippen molar-refractivity contribution in [2.75, 3.05) is 18.0 Å². The molecule has 0 aliphatic carbocycles. The van der Waals surface area contributed by atoms with Gasteiger partial charge in [-0.1, -0.05) is 25.4 Å². The van der Waals surface area contributed by atoms with Gasteiger partial charge in [0.15, 0.2) is 11.0 Å². The third-order valence-corrected chi connectivity index (χ3v) is 2.11. The summed E-state index contributed by atoms with van der Waals surface area (Å²) in [6.07, 6.45) is 0. The number of halogens is 1. The summed E-state index contributed by atoms with van der Waals surface area (Å²) < 4.78 is 0. The Morgan fingerprint density at radius 2 is 2.07 bits per heavy atom. The zero-order valence-electron chi connectivity index (χ0n) is 8.87. The van der Waals surface area contributed by atoms with E-state index < -0.39 is 0 Å². The average molecular weight is 214 g/mol. The van der Waals surface area contributed by atoms with Crippen LogP contribution in [0.3, 0.4) is 0 Å². The van der Waals surface area contributed by atoms with E-state index in [1.165, 1.54) is 0 Å². The quantitative estimate of drug-likeness (QED) is 0.770. The van der Waals surface area contributed by atoms with Crippen LogP contribution in [-0.2, 0) is 0 Å². The first-order chi connectivity index (χ1) is 6.63. The highest BCUT2D eigenvalue weighted by Gasteiger charge is 2.07. The minimum absolute atomic E-state index is 0.439.